The van der Waals surface area contributed by atoms with Gasteiger partial charge in [0.15, 0.2) is 11.2 Å². The average Bonchev–Trinajstić information content (AvgIpc) is 2.88. The Morgan fingerprint density at radius 1 is 1.32 bits per heavy atom. The SMILES string of the molecule is CC(C)Cn1c(=O)[nH]c(=O)c2c1ncn2CC1CCNCC1. The van der Waals surface area contributed by atoms with Crippen molar-refractivity contribution in [1.29, 1.82) is 0 Å². The molecule has 1 aliphatic rings. The second-order valence-corrected chi connectivity index (χ2v) is 6.53. The van der Waals surface area contributed by atoms with Crippen molar-refractivity contribution in [2.24, 2.45) is 11.8 Å². The highest BCUT2D eigenvalue weighted by Gasteiger charge is 2.18. The minimum Gasteiger partial charge on any atom is -0.324 e. The Morgan fingerprint density at radius 3 is 2.73 bits per heavy atom. The molecule has 1 aliphatic heterocycles. The first kappa shape index (κ1) is 15.0. The Bertz CT molecular complexity index is 764. The monoisotopic (exact) mass is 305 g/mol. The first-order valence-electron chi connectivity index (χ1n) is 7.95. The molecule has 7 heteroatoms. The van der Waals surface area contributed by atoms with E-state index in [1.54, 1.807) is 10.9 Å². The van der Waals surface area contributed by atoms with Gasteiger partial charge in [-0.1, -0.05) is 13.8 Å². The Labute approximate surface area is 128 Å². The number of fused-ring (bicyclic) bond motifs is 1. The number of rotatable bonds is 4. The molecule has 0 unspecified atom stereocenters. The quantitative estimate of drug-likeness (QED) is 0.863. The van der Waals surface area contributed by atoms with Crippen LogP contribution in [-0.2, 0) is 13.1 Å². The standard InChI is InChI=1S/C15H23N5O2/c1-10(2)7-20-13-12(14(21)18-15(20)22)19(9-17-13)8-11-3-5-16-6-4-11/h9-11,16H,3-8H2,1-2H3,(H,18,21,22). The number of hydrogen-bond donors (Lipinski definition) is 2. The van der Waals surface area contributed by atoms with Gasteiger partial charge in [0.25, 0.3) is 5.56 Å². The van der Waals surface area contributed by atoms with E-state index >= 15 is 0 Å². The lowest BCUT2D eigenvalue weighted by Crippen LogP contribution is -2.33. The summed E-state index contributed by atoms with van der Waals surface area (Å²) in [5, 5.41) is 3.34. The highest BCUT2D eigenvalue weighted by atomic mass is 16.2. The van der Waals surface area contributed by atoms with E-state index in [0.717, 1.165) is 32.5 Å². The van der Waals surface area contributed by atoms with E-state index in [1.165, 1.54) is 0 Å². The predicted octanol–water partition coefficient (Wildman–Crippen LogP) is 0.542. The van der Waals surface area contributed by atoms with Crippen molar-refractivity contribution in [3.05, 3.63) is 27.2 Å². The number of hydrogen-bond acceptors (Lipinski definition) is 4. The molecular formula is C15H23N5O2. The average molecular weight is 305 g/mol. The summed E-state index contributed by atoms with van der Waals surface area (Å²) in [6.07, 6.45) is 3.89. The third-order valence-electron chi connectivity index (χ3n) is 4.22. The van der Waals surface area contributed by atoms with Gasteiger partial charge in [-0.05, 0) is 37.8 Å². The van der Waals surface area contributed by atoms with Gasteiger partial charge in [-0.25, -0.2) is 9.78 Å². The van der Waals surface area contributed by atoms with Crippen LogP contribution in [0.2, 0.25) is 0 Å². The van der Waals surface area contributed by atoms with Crippen LogP contribution in [-0.4, -0.2) is 32.2 Å². The van der Waals surface area contributed by atoms with Gasteiger partial charge >= 0.3 is 5.69 Å². The summed E-state index contributed by atoms with van der Waals surface area (Å²) in [4.78, 5) is 31.0. The van der Waals surface area contributed by atoms with E-state index in [1.807, 2.05) is 18.4 Å². The van der Waals surface area contributed by atoms with E-state index in [-0.39, 0.29) is 11.2 Å². The van der Waals surface area contributed by atoms with Gasteiger partial charge in [0, 0.05) is 13.1 Å². The van der Waals surface area contributed by atoms with Gasteiger partial charge in [0.05, 0.1) is 6.33 Å². The maximum Gasteiger partial charge on any atom is 0.330 e. The van der Waals surface area contributed by atoms with Crippen LogP contribution < -0.4 is 16.6 Å². The number of aromatic amines is 1. The van der Waals surface area contributed by atoms with E-state index in [0.29, 0.717) is 29.5 Å². The summed E-state index contributed by atoms with van der Waals surface area (Å²) in [6.45, 7) is 7.44. The molecule has 2 aromatic heterocycles. The van der Waals surface area contributed by atoms with Gasteiger partial charge < -0.3 is 9.88 Å². The van der Waals surface area contributed by atoms with Crippen LogP contribution in [0.5, 0.6) is 0 Å². The number of nitrogens with zero attached hydrogens (tertiary/aromatic N) is 3. The third kappa shape index (κ3) is 2.85. The summed E-state index contributed by atoms with van der Waals surface area (Å²) in [7, 11) is 0. The lowest BCUT2D eigenvalue weighted by atomic mass is 9.98. The zero-order chi connectivity index (χ0) is 15.7. The number of piperidine rings is 1. The summed E-state index contributed by atoms with van der Waals surface area (Å²) >= 11 is 0. The third-order valence-corrected chi connectivity index (χ3v) is 4.22. The molecule has 0 spiro atoms. The Hall–Kier alpha value is -1.89. The molecule has 0 aromatic carbocycles. The highest BCUT2D eigenvalue weighted by Crippen LogP contribution is 2.17. The van der Waals surface area contributed by atoms with E-state index < -0.39 is 0 Å². The minimum atomic E-state index is -0.377. The molecule has 2 aromatic rings. The van der Waals surface area contributed by atoms with E-state index in [4.69, 9.17) is 0 Å². The fraction of sp³-hybridized carbons (Fsp3) is 0.667. The second-order valence-electron chi connectivity index (χ2n) is 6.53. The van der Waals surface area contributed by atoms with Crippen LogP contribution in [0.4, 0.5) is 0 Å². The van der Waals surface area contributed by atoms with Crippen LogP contribution >= 0.6 is 0 Å². The molecule has 0 bridgehead atoms. The van der Waals surface area contributed by atoms with Gasteiger partial charge in [0.1, 0.15) is 0 Å². The molecule has 7 nitrogen and oxygen atoms in total. The van der Waals surface area contributed by atoms with Crippen molar-refractivity contribution in [2.75, 3.05) is 13.1 Å². The summed E-state index contributed by atoms with van der Waals surface area (Å²) in [5.41, 5.74) is 0.292. The maximum atomic E-state index is 12.2. The normalized spacial score (nSPS) is 16.7. The topological polar surface area (TPSA) is 84.7 Å². The number of nitrogens with one attached hydrogen (secondary N) is 2. The summed E-state index contributed by atoms with van der Waals surface area (Å²) < 4.78 is 3.47. The van der Waals surface area contributed by atoms with E-state index in [9.17, 15) is 9.59 Å². The fourth-order valence-corrected chi connectivity index (χ4v) is 3.14. The van der Waals surface area contributed by atoms with E-state index in [2.05, 4.69) is 15.3 Å². The molecule has 120 valence electrons. The smallest absolute Gasteiger partial charge is 0.324 e. The summed E-state index contributed by atoms with van der Waals surface area (Å²) in [6, 6.07) is 0. The number of aromatic nitrogens is 4. The molecule has 0 atom stereocenters. The molecule has 0 radical (unpaired) electrons. The van der Waals surface area contributed by atoms with Crippen LogP contribution in [0.3, 0.4) is 0 Å². The predicted molar refractivity (Wildman–Crippen MR) is 85.0 cm³/mol. The Balaban J connectivity index is 2.02. The zero-order valence-electron chi connectivity index (χ0n) is 13.1. The molecule has 1 fully saturated rings. The molecule has 1 saturated heterocycles. The van der Waals surface area contributed by atoms with Gasteiger partial charge in [0.2, 0.25) is 0 Å². The largest absolute Gasteiger partial charge is 0.330 e. The molecule has 0 amide bonds. The van der Waals surface area contributed by atoms with Crippen LogP contribution in [0.25, 0.3) is 11.2 Å². The van der Waals surface area contributed by atoms with Crippen molar-refractivity contribution in [3.8, 4) is 0 Å². The van der Waals surface area contributed by atoms with Gasteiger partial charge in [-0.15, -0.1) is 0 Å². The lowest BCUT2D eigenvalue weighted by molar-refractivity contribution is 0.336. The number of imidazole rings is 1. The molecule has 2 N–H and O–H groups in total. The Morgan fingerprint density at radius 2 is 2.05 bits per heavy atom. The zero-order valence-corrected chi connectivity index (χ0v) is 13.1. The molecule has 0 saturated carbocycles. The minimum absolute atomic E-state index is 0.307. The fourth-order valence-electron chi connectivity index (χ4n) is 3.14. The van der Waals surface area contributed by atoms with Crippen molar-refractivity contribution in [3.63, 3.8) is 0 Å². The van der Waals surface area contributed by atoms with Crippen molar-refractivity contribution < 1.29 is 0 Å². The van der Waals surface area contributed by atoms with Gasteiger partial charge in [-0.2, -0.15) is 0 Å². The van der Waals surface area contributed by atoms with Gasteiger partial charge in [-0.3, -0.25) is 14.3 Å². The number of H-pyrrole nitrogens is 1. The molecular weight excluding hydrogens is 282 g/mol. The van der Waals surface area contributed by atoms with Crippen molar-refractivity contribution >= 4 is 11.2 Å². The summed E-state index contributed by atoms with van der Waals surface area (Å²) in [5.74, 6) is 0.852. The maximum absolute atomic E-state index is 12.2. The van der Waals surface area contributed by atoms with Crippen LogP contribution in [0.15, 0.2) is 15.9 Å². The second kappa shape index (κ2) is 6.08. The highest BCUT2D eigenvalue weighted by molar-refractivity contribution is 5.69. The van der Waals surface area contributed by atoms with Crippen LogP contribution in [0.1, 0.15) is 26.7 Å². The first-order valence-corrected chi connectivity index (χ1v) is 7.95. The van der Waals surface area contributed by atoms with Crippen molar-refractivity contribution in [2.45, 2.75) is 39.8 Å². The van der Waals surface area contributed by atoms with Crippen LogP contribution in [0, 0.1) is 11.8 Å². The molecule has 3 rings (SSSR count). The Kier molecular flexibility index (Phi) is 4.15. The van der Waals surface area contributed by atoms with Crippen molar-refractivity contribution in [1.82, 2.24) is 24.4 Å². The first-order chi connectivity index (χ1) is 10.6. The molecule has 22 heavy (non-hydrogen) atoms. The molecule has 3 heterocycles. The lowest BCUT2D eigenvalue weighted by Gasteiger charge is -2.22. The molecule has 0 aliphatic carbocycles.